The van der Waals surface area contributed by atoms with Gasteiger partial charge >= 0.3 is 12.1 Å². The molecule has 3 aromatic rings. The number of aromatic nitrogens is 2. The van der Waals surface area contributed by atoms with Crippen molar-refractivity contribution in [3.63, 3.8) is 0 Å². The maximum absolute atomic E-state index is 12.7. The molecule has 2 aliphatic rings. The second-order valence-corrected chi connectivity index (χ2v) is 8.60. The van der Waals surface area contributed by atoms with Crippen molar-refractivity contribution in [1.29, 1.82) is 0 Å². The van der Waals surface area contributed by atoms with Crippen molar-refractivity contribution in [2.75, 3.05) is 37.7 Å². The smallest absolute Gasteiger partial charge is 0.415 e. The van der Waals surface area contributed by atoms with Gasteiger partial charge in [-0.3, -0.25) is 9.80 Å². The number of carbonyl (C=O) groups is 1. The zero-order valence-corrected chi connectivity index (χ0v) is 18.6. The predicted molar refractivity (Wildman–Crippen MR) is 123 cm³/mol. The molecule has 1 amide bonds. The number of rotatable bonds is 5. The average Bonchev–Trinajstić information content (AvgIpc) is 3.00. The van der Waals surface area contributed by atoms with Gasteiger partial charge in [-0.1, -0.05) is 29.8 Å². The van der Waals surface area contributed by atoms with Crippen molar-refractivity contribution in [2.45, 2.75) is 12.1 Å². The molecule has 2 aliphatic heterocycles. The first-order chi connectivity index (χ1) is 16.1. The Morgan fingerprint density at radius 1 is 1.06 bits per heavy atom. The van der Waals surface area contributed by atoms with E-state index in [-0.39, 0.29) is 6.09 Å². The first kappa shape index (κ1) is 21.6. The molecule has 0 bridgehead atoms. The van der Waals surface area contributed by atoms with Gasteiger partial charge in [0, 0.05) is 42.7 Å². The Hall–Kier alpha value is -3.20. The minimum absolute atomic E-state index is 0.302. The highest BCUT2D eigenvalue weighted by atomic mass is 35.5. The third-order valence-corrected chi connectivity index (χ3v) is 5.81. The highest BCUT2D eigenvalue weighted by molar-refractivity contribution is 6.30. The molecule has 3 heterocycles. The van der Waals surface area contributed by atoms with Crippen LogP contribution in [0.25, 0.3) is 0 Å². The zero-order chi connectivity index (χ0) is 22.7. The van der Waals surface area contributed by atoms with E-state index in [0.717, 1.165) is 12.1 Å². The maximum atomic E-state index is 12.7. The first-order valence-electron chi connectivity index (χ1n) is 10.7. The Morgan fingerprint density at radius 3 is 2.76 bits per heavy atom. The van der Waals surface area contributed by atoms with Gasteiger partial charge in [0.1, 0.15) is 5.75 Å². The standard InChI is InChI=1S/C24H23ClN4O4/c25-19-5-2-6-20(13-19)29-16-24(33-23(29)30)15-28(10-11-31-17-24)14-18-4-1-7-21(12-18)32-22-26-8-3-9-27-22/h1-9,12-13H,10-11,14-17H2/t24-/m0/s1. The Labute approximate surface area is 196 Å². The summed E-state index contributed by atoms with van der Waals surface area (Å²) >= 11 is 6.12. The number of amides is 1. The molecule has 1 atom stereocenters. The van der Waals surface area contributed by atoms with E-state index in [9.17, 15) is 4.79 Å². The van der Waals surface area contributed by atoms with Crippen LogP contribution in [0.15, 0.2) is 67.0 Å². The Balaban J connectivity index is 1.29. The average molecular weight is 467 g/mol. The minimum atomic E-state index is -0.748. The fourth-order valence-corrected chi connectivity index (χ4v) is 4.34. The monoisotopic (exact) mass is 466 g/mol. The lowest BCUT2D eigenvalue weighted by Gasteiger charge is -2.29. The summed E-state index contributed by atoms with van der Waals surface area (Å²) in [5.74, 6) is 0.666. The van der Waals surface area contributed by atoms with Crippen molar-refractivity contribution < 1.29 is 19.0 Å². The van der Waals surface area contributed by atoms with Crippen molar-refractivity contribution >= 4 is 23.4 Å². The van der Waals surface area contributed by atoms with Crippen LogP contribution in [0, 0.1) is 0 Å². The van der Waals surface area contributed by atoms with Gasteiger partial charge in [0.2, 0.25) is 0 Å². The summed E-state index contributed by atoms with van der Waals surface area (Å²) in [6.07, 6.45) is 2.89. The van der Waals surface area contributed by atoms with E-state index in [1.165, 1.54) is 0 Å². The van der Waals surface area contributed by atoms with Gasteiger partial charge in [0.05, 0.1) is 19.8 Å². The topological polar surface area (TPSA) is 77.0 Å². The second-order valence-electron chi connectivity index (χ2n) is 8.16. The van der Waals surface area contributed by atoms with Crippen LogP contribution in [0.2, 0.25) is 5.02 Å². The Kier molecular flexibility index (Phi) is 6.13. The normalized spacial score (nSPS) is 21.1. The van der Waals surface area contributed by atoms with Crippen LogP contribution in [0.4, 0.5) is 10.5 Å². The molecule has 0 saturated carbocycles. The first-order valence-corrected chi connectivity index (χ1v) is 11.1. The fraction of sp³-hybridized carbons (Fsp3) is 0.292. The molecular formula is C24H23ClN4O4. The van der Waals surface area contributed by atoms with Crippen LogP contribution in [0.5, 0.6) is 11.8 Å². The number of nitrogens with zero attached hydrogens (tertiary/aromatic N) is 4. The van der Waals surface area contributed by atoms with E-state index in [2.05, 4.69) is 14.9 Å². The van der Waals surface area contributed by atoms with Gasteiger partial charge in [-0.25, -0.2) is 14.8 Å². The largest absolute Gasteiger partial charge is 0.437 e. The number of benzene rings is 2. The van der Waals surface area contributed by atoms with Crippen molar-refractivity contribution in [1.82, 2.24) is 14.9 Å². The molecule has 0 N–H and O–H groups in total. The lowest BCUT2D eigenvalue weighted by Crippen LogP contribution is -2.47. The molecule has 8 nitrogen and oxygen atoms in total. The highest BCUT2D eigenvalue weighted by Crippen LogP contribution is 2.32. The molecule has 1 aromatic heterocycles. The fourth-order valence-electron chi connectivity index (χ4n) is 4.15. The lowest BCUT2D eigenvalue weighted by atomic mass is 10.0. The number of anilines is 1. The van der Waals surface area contributed by atoms with Crippen molar-refractivity contribution in [2.24, 2.45) is 0 Å². The molecule has 0 radical (unpaired) electrons. The van der Waals surface area contributed by atoms with Gasteiger partial charge in [0.15, 0.2) is 5.60 Å². The molecule has 2 aromatic carbocycles. The van der Waals surface area contributed by atoms with Crippen LogP contribution in [0.3, 0.4) is 0 Å². The Morgan fingerprint density at radius 2 is 1.91 bits per heavy atom. The maximum Gasteiger partial charge on any atom is 0.415 e. The molecule has 2 saturated heterocycles. The zero-order valence-electron chi connectivity index (χ0n) is 17.9. The van der Waals surface area contributed by atoms with Gasteiger partial charge in [-0.15, -0.1) is 0 Å². The van der Waals surface area contributed by atoms with Crippen LogP contribution < -0.4 is 9.64 Å². The number of halogens is 1. The van der Waals surface area contributed by atoms with E-state index < -0.39 is 5.60 Å². The summed E-state index contributed by atoms with van der Waals surface area (Å²) in [5.41, 5.74) is 1.03. The third-order valence-electron chi connectivity index (χ3n) is 5.57. The molecule has 1 spiro atoms. The summed E-state index contributed by atoms with van der Waals surface area (Å²) in [6.45, 7) is 3.25. The van der Waals surface area contributed by atoms with Gasteiger partial charge in [-0.2, -0.15) is 0 Å². The minimum Gasteiger partial charge on any atom is -0.437 e. The summed E-state index contributed by atoms with van der Waals surface area (Å²) in [6, 6.07) is 17.1. The van der Waals surface area contributed by atoms with E-state index in [0.29, 0.717) is 55.3 Å². The van der Waals surface area contributed by atoms with Crippen molar-refractivity contribution in [3.05, 3.63) is 77.6 Å². The molecule has 170 valence electrons. The summed E-state index contributed by atoms with van der Waals surface area (Å²) in [7, 11) is 0. The van der Waals surface area contributed by atoms with Gasteiger partial charge in [0.25, 0.3) is 0 Å². The molecular weight excluding hydrogens is 444 g/mol. The van der Waals surface area contributed by atoms with Crippen LogP contribution in [-0.4, -0.2) is 59.4 Å². The summed E-state index contributed by atoms with van der Waals surface area (Å²) < 4.78 is 17.5. The molecule has 5 rings (SSSR count). The van der Waals surface area contributed by atoms with Gasteiger partial charge in [-0.05, 0) is 42.0 Å². The summed E-state index contributed by atoms with van der Waals surface area (Å²) in [5, 5.41) is 0.572. The van der Waals surface area contributed by atoms with Gasteiger partial charge < -0.3 is 14.2 Å². The second kappa shape index (κ2) is 9.35. The Bertz CT molecular complexity index is 1130. The molecule has 0 unspecified atom stereocenters. The predicted octanol–water partition coefficient (Wildman–Crippen LogP) is 4.15. The third kappa shape index (κ3) is 5.08. The molecule has 33 heavy (non-hydrogen) atoms. The lowest BCUT2D eigenvalue weighted by molar-refractivity contribution is -0.0154. The van der Waals surface area contributed by atoms with E-state index >= 15 is 0 Å². The molecule has 2 fully saturated rings. The van der Waals surface area contributed by atoms with Crippen LogP contribution >= 0.6 is 11.6 Å². The van der Waals surface area contributed by atoms with Crippen LogP contribution in [-0.2, 0) is 16.0 Å². The van der Waals surface area contributed by atoms with E-state index in [4.69, 9.17) is 25.8 Å². The quantitative estimate of drug-likeness (QED) is 0.559. The molecule has 9 heteroatoms. The number of carbonyl (C=O) groups excluding carboxylic acids is 1. The number of hydrogen-bond acceptors (Lipinski definition) is 7. The number of ether oxygens (including phenoxy) is 3. The number of hydrogen-bond donors (Lipinski definition) is 0. The summed E-state index contributed by atoms with van der Waals surface area (Å²) in [4.78, 5) is 24.8. The van der Waals surface area contributed by atoms with Crippen molar-refractivity contribution in [3.8, 4) is 11.8 Å². The van der Waals surface area contributed by atoms with E-state index in [1.807, 2.05) is 36.4 Å². The SMILES string of the molecule is O=C1O[C@]2(COCCN(Cc3cccc(Oc4ncccn4)c3)C2)CN1c1cccc(Cl)c1. The van der Waals surface area contributed by atoms with E-state index in [1.54, 1.807) is 35.5 Å². The highest BCUT2D eigenvalue weighted by Gasteiger charge is 2.48. The molecule has 0 aliphatic carbocycles. The van der Waals surface area contributed by atoms with Crippen LogP contribution in [0.1, 0.15) is 5.56 Å².